The van der Waals surface area contributed by atoms with Crippen LogP contribution in [0.15, 0.2) is 24.4 Å². The predicted molar refractivity (Wildman–Crippen MR) is 97.4 cm³/mol. The second kappa shape index (κ2) is 7.45. The van der Waals surface area contributed by atoms with Crippen molar-refractivity contribution < 1.29 is 14.4 Å². The maximum atomic E-state index is 12.7. The minimum absolute atomic E-state index is 0. The highest BCUT2D eigenvalue weighted by Crippen LogP contribution is 2.28. The van der Waals surface area contributed by atoms with Gasteiger partial charge in [-0.15, -0.1) is 17.5 Å². The van der Waals surface area contributed by atoms with Gasteiger partial charge in [0.1, 0.15) is 6.04 Å². The van der Waals surface area contributed by atoms with Gasteiger partial charge in [-0.25, -0.2) is 4.68 Å². The van der Waals surface area contributed by atoms with Gasteiger partial charge in [0.25, 0.3) is 5.91 Å². The van der Waals surface area contributed by atoms with Crippen molar-refractivity contribution in [2.24, 2.45) is 5.73 Å². The zero-order valence-electron chi connectivity index (χ0n) is 14.4. The van der Waals surface area contributed by atoms with Crippen molar-refractivity contribution >= 4 is 30.1 Å². The molecular formula is C17H19ClN6O3. The number of aromatic nitrogens is 3. The van der Waals surface area contributed by atoms with Crippen LogP contribution in [0.4, 0.5) is 0 Å². The van der Waals surface area contributed by atoms with E-state index in [-0.39, 0.29) is 30.6 Å². The Balaban J connectivity index is 0.00000210. The number of hydrogen-bond donors (Lipinski definition) is 2. The van der Waals surface area contributed by atoms with Gasteiger partial charge >= 0.3 is 0 Å². The molecule has 0 bridgehead atoms. The highest BCUT2D eigenvalue weighted by Gasteiger charge is 2.39. The van der Waals surface area contributed by atoms with Crippen LogP contribution in [0.25, 0.3) is 5.69 Å². The molecule has 0 radical (unpaired) electrons. The molecule has 27 heavy (non-hydrogen) atoms. The Labute approximate surface area is 161 Å². The monoisotopic (exact) mass is 390 g/mol. The first-order valence-corrected chi connectivity index (χ1v) is 8.46. The van der Waals surface area contributed by atoms with E-state index in [4.69, 9.17) is 5.73 Å². The van der Waals surface area contributed by atoms with Crippen LogP contribution in [-0.4, -0.2) is 50.2 Å². The van der Waals surface area contributed by atoms with Crippen molar-refractivity contribution in [3.63, 3.8) is 0 Å². The third kappa shape index (κ3) is 3.43. The van der Waals surface area contributed by atoms with Crippen molar-refractivity contribution in [2.75, 3.05) is 6.54 Å². The lowest BCUT2D eigenvalue weighted by molar-refractivity contribution is -0.136. The summed E-state index contributed by atoms with van der Waals surface area (Å²) in [6.45, 7) is 0.830. The largest absolute Gasteiger partial charge is 0.330 e. The Morgan fingerprint density at radius 1 is 1.26 bits per heavy atom. The minimum Gasteiger partial charge on any atom is -0.330 e. The average molecular weight is 391 g/mol. The molecule has 10 heteroatoms. The molecule has 1 atom stereocenters. The van der Waals surface area contributed by atoms with Crippen LogP contribution in [0.1, 0.15) is 34.5 Å². The molecule has 2 aliphatic heterocycles. The van der Waals surface area contributed by atoms with Gasteiger partial charge in [-0.1, -0.05) is 5.21 Å². The van der Waals surface area contributed by atoms with E-state index in [1.807, 2.05) is 12.3 Å². The Bertz CT molecular complexity index is 912. The zero-order valence-corrected chi connectivity index (χ0v) is 15.2. The third-order valence-electron chi connectivity index (χ3n) is 4.71. The topological polar surface area (TPSA) is 123 Å². The third-order valence-corrected chi connectivity index (χ3v) is 4.71. The number of nitrogens with two attached hydrogens (primary N) is 1. The van der Waals surface area contributed by atoms with Crippen LogP contribution in [0.5, 0.6) is 0 Å². The van der Waals surface area contributed by atoms with Gasteiger partial charge in [0.05, 0.1) is 17.6 Å². The smallest absolute Gasteiger partial charge is 0.255 e. The van der Waals surface area contributed by atoms with Crippen molar-refractivity contribution in [1.82, 2.24) is 25.2 Å². The van der Waals surface area contributed by atoms with Gasteiger partial charge in [0.15, 0.2) is 0 Å². The average Bonchev–Trinajstić information content (AvgIpc) is 3.20. The van der Waals surface area contributed by atoms with Gasteiger partial charge in [-0.3, -0.25) is 19.7 Å². The zero-order chi connectivity index (χ0) is 18.3. The summed E-state index contributed by atoms with van der Waals surface area (Å²) in [5, 5.41) is 10.5. The van der Waals surface area contributed by atoms with Gasteiger partial charge in [0, 0.05) is 24.9 Å². The quantitative estimate of drug-likeness (QED) is 0.705. The van der Waals surface area contributed by atoms with E-state index in [0.29, 0.717) is 31.5 Å². The van der Waals surface area contributed by atoms with Crippen molar-refractivity contribution in [1.29, 1.82) is 0 Å². The fraction of sp³-hybridized carbons (Fsp3) is 0.353. The molecule has 1 unspecified atom stereocenters. The van der Waals surface area contributed by atoms with Crippen molar-refractivity contribution in [2.45, 2.75) is 31.8 Å². The minimum atomic E-state index is -0.612. The Morgan fingerprint density at radius 3 is 2.81 bits per heavy atom. The molecule has 2 aliphatic rings. The van der Waals surface area contributed by atoms with E-state index in [2.05, 4.69) is 15.6 Å². The summed E-state index contributed by atoms with van der Waals surface area (Å²) in [5.41, 5.74) is 8.52. The van der Waals surface area contributed by atoms with Crippen LogP contribution in [0.3, 0.4) is 0 Å². The molecule has 0 aliphatic carbocycles. The molecule has 3 N–H and O–H groups in total. The van der Waals surface area contributed by atoms with E-state index < -0.39 is 11.9 Å². The number of benzene rings is 1. The highest BCUT2D eigenvalue weighted by molar-refractivity contribution is 6.05. The molecule has 1 aromatic carbocycles. The summed E-state index contributed by atoms with van der Waals surface area (Å²) < 4.78 is 1.64. The first-order chi connectivity index (χ1) is 12.6. The summed E-state index contributed by atoms with van der Waals surface area (Å²) in [6.07, 6.45) is 3.05. The number of carbonyl (C=O) groups is 3. The molecule has 0 saturated carbocycles. The molecule has 3 amide bonds. The normalized spacial score (nSPS) is 18.9. The highest BCUT2D eigenvalue weighted by atomic mass is 35.5. The molecule has 1 aromatic heterocycles. The number of imide groups is 1. The molecule has 2 aromatic rings. The van der Waals surface area contributed by atoms with Gasteiger partial charge in [-0.05, 0) is 36.7 Å². The standard InChI is InChI=1S/C17H18N6O3.ClH/c18-6-5-11-9-23(21-20-11)12-1-2-13-10(7-12)8-22(17(13)26)14-3-4-15(24)19-16(14)25;/h1-2,7,9,14H,3-6,8,18H2,(H,19,24,25);1H. The van der Waals surface area contributed by atoms with E-state index >= 15 is 0 Å². The molecule has 9 nitrogen and oxygen atoms in total. The predicted octanol–water partition coefficient (Wildman–Crippen LogP) is -0.0487. The number of nitrogens with zero attached hydrogens (tertiary/aromatic N) is 4. The Kier molecular flexibility index (Phi) is 5.24. The molecular weight excluding hydrogens is 372 g/mol. The molecule has 142 valence electrons. The molecule has 4 rings (SSSR count). The number of piperidine rings is 1. The number of halogens is 1. The van der Waals surface area contributed by atoms with Crippen molar-refractivity contribution in [3.8, 4) is 5.69 Å². The van der Waals surface area contributed by atoms with Crippen LogP contribution in [0.2, 0.25) is 0 Å². The Hall–Kier alpha value is -2.78. The van der Waals surface area contributed by atoms with E-state index in [1.165, 1.54) is 4.90 Å². The van der Waals surface area contributed by atoms with Crippen LogP contribution >= 0.6 is 12.4 Å². The second-order valence-corrected chi connectivity index (χ2v) is 6.43. The summed E-state index contributed by atoms with van der Waals surface area (Å²) in [6, 6.07) is 4.80. The van der Waals surface area contributed by atoms with Crippen molar-refractivity contribution in [3.05, 3.63) is 41.2 Å². The molecule has 3 heterocycles. The van der Waals surface area contributed by atoms with Crippen LogP contribution < -0.4 is 11.1 Å². The second-order valence-electron chi connectivity index (χ2n) is 6.43. The summed E-state index contributed by atoms with van der Waals surface area (Å²) in [7, 11) is 0. The molecule has 1 fully saturated rings. The first kappa shape index (κ1) is 19.0. The molecule has 0 spiro atoms. The summed E-state index contributed by atoms with van der Waals surface area (Å²) in [4.78, 5) is 37.6. The summed E-state index contributed by atoms with van der Waals surface area (Å²) in [5.74, 6) is -0.897. The van der Waals surface area contributed by atoms with E-state index in [9.17, 15) is 14.4 Å². The number of fused-ring (bicyclic) bond motifs is 1. The van der Waals surface area contributed by atoms with Gasteiger partial charge < -0.3 is 10.6 Å². The lowest BCUT2D eigenvalue weighted by Gasteiger charge is -2.29. The fourth-order valence-corrected chi connectivity index (χ4v) is 3.39. The number of carbonyl (C=O) groups excluding carboxylic acids is 3. The lowest BCUT2D eigenvalue weighted by atomic mass is 10.0. The molecule has 1 saturated heterocycles. The number of nitrogens with one attached hydrogen (secondary N) is 1. The van der Waals surface area contributed by atoms with Gasteiger partial charge in [0.2, 0.25) is 11.8 Å². The van der Waals surface area contributed by atoms with E-state index in [1.54, 1.807) is 16.8 Å². The summed E-state index contributed by atoms with van der Waals surface area (Å²) >= 11 is 0. The SMILES string of the molecule is Cl.NCCc1cn(-c2ccc3c(c2)CN(C2CCC(=O)NC2=O)C3=O)nn1. The fourth-order valence-electron chi connectivity index (χ4n) is 3.39. The number of hydrogen-bond acceptors (Lipinski definition) is 6. The Morgan fingerprint density at radius 2 is 2.07 bits per heavy atom. The maximum Gasteiger partial charge on any atom is 0.255 e. The lowest BCUT2D eigenvalue weighted by Crippen LogP contribution is -2.52. The number of rotatable bonds is 4. The van der Waals surface area contributed by atoms with E-state index in [0.717, 1.165) is 16.9 Å². The maximum absolute atomic E-state index is 12.7. The number of amides is 3. The first-order valence-electron chi connectivity index (χ1n) is 8.46. The van der Waals surface area contributed by atoms with Gasteiger partial charge in [-0.2, -0.15) is 0 Å². The van der Waals surface area contributed by atoms with Crippen LogP contribution in [0, 0.1) is 0 Å². The van der Waals surface area contributed by atoms with Crippen LogP contribution in [-0.2, 0) is 22.6 Å².